The van der Waals surface area contributed by atoms with E-state index in [4.69, 9.17) is 0 Å². The zero-order valence-electron chi connectivity index (χ0n) is 12.8. The summed E-state index contributed by atoms with van der Waals surface area (Å²) >= 11 is 0. The number of anilines is 2. The van der Waals surface area contributed by atoms with Crippen LogP contribution in [0.4, 0.5) is 11.4 Å². The lowest BCUT2D eigenvalue weighted by Gasteiger charge is -2.27. The topological polar surface area (TPSA) is 41.1 Å². The number of benzene rings is 1. The number of nitrogens with one attached hydrogen (secondary N) is 2. The molecule has 0 saturated heterocycles. The highest BCUT2D eigenvalue weighted by Gasteiger charge is 2.17. The van der Waals surface area contributed by atoms with Gasteiger partial charge in [0.15, 0.2) is 0 Å². The Morgan fingerprint density at radius 1 is 1.05 bits per heavy atom. The summed E-state index contributed by atoms with van der Waals surface area (Å²) in [6.07, 6.45) is 5.15. The molecule has 3 heteroatoms. The van der Waals surface area contributed by atoms with E-state index in [0.717, 1.165) is 17.3 Å². The summed E-state index contributed by atoms with van der Waals surface area (Å²) in [7, 11) is 0. The fourth-order valence-electron chi connectivity index (χ4n) is 2.58. The first-order valence-corrected chi connectivity index (χ1v) is 7.72. The van der Waals surface area contributed by atoms with Crippen molar-refractivity contribution in [2.24, 2.45) is 11.8 Å². The summed E-state index contributed by atoms with van der Waals surface area (Å²) in [4.78, 5) is 11.6. The molecule has 0 heterocycles. The number of hydrogen-bond acceptors (Lipinski definition) is 2. The van der Waals surface area contributed by atoms with E-state index in [9.17, 15) is 4.79 Å². The van der Waals surface area contributed by atoms with Crippen LogP contribution in [0, 0.1) is 11.8 Å². The second-order valence-electron chi connectivity index (χ2n) is 6.32. The number of carbonyl (C=O) groups is 1. The normalized spacial score (nSPS) is 22.6. The van der Waals surface area contributed by atoms with Crippen LogP contribution in [0.2, 0.25) is 0 Å². The summed E-state index contributed by atoms with van der Waals surface area (Å²) in [5, 5.41) is 6.50. The van der Waals surface area contributed by atoms with Gasteiger partial charge in [-0.15, -0.1) is 0 Å². The molecule has 1 aromatic rings. The van der Waals surface area contributed by atoms with Crippen molar-refractivity contribution in [1.29, 1.82) is 0 Å². The standard InChI is InChI=1S/C17H26N2O/c1-12(2)17(20)19-16-10-8-15(9-11-16)18-14-6-4-13(3)5-7-14/h8-14,18H,4-7H2,1-3H3,(H,19,20). The summed E-state index contributed by atoms with van der Waals surface area (Å²) < 4.78 is 0. The van der Waals surface area contributed by atoms with Gasteiger partial charge < -0.3 is 10.6 Å². The van der Waals surface area contributed by atoms with E-state index >= 15 is 0 Å². The third kappa shape index (κ3) is 4.26. The quantitative estimate of drug-likeness (QED) is 0.860. The predicted molar refractivity (Wildman–Crippen MR) is 85.0 cm³/mol. The largest absolute Gasteiger partial charge is 0.382 e. The molecule has 20 heavy (non-hydrogen) atoms. The van der Waals surface area contributed by atoms with Gasteiger partial charge in [0.05, 0.1) is 0 Å². The van der Waals surface area contributed by atoms with Crippen LogP contribution >= 0.6 is 0 Å². The molecular formula is C17H26N2O. The molecule has 1 aliphatic rings. The molecule has 1 fully saturated rings. The van der Waals surface area contributed by atoms with Crippen molar-refractivity contribution < 1.29 is 4.79 Å². The SMILES string of the molecule is CC1CCC(Nc2ccc(NC(=O)C(C)C)cc2)CC1. The first kappa shape index (κ1) is 14.9. The Bertz CT molecular complexity index is 431. The molecule has 1 amide bonds. The summed E-state index contributed by atoms with van der Waals surface area (Å²) in [5.41, 5.74) is 2.01. The number of amides is 1. The highest BCUT2D eigenvalue weighted by atomic mass is 16.1. The fraction of sp³-hybridized carbons (Fsp3) is 0.588. The minimum Gasteiger partial charge on any atom is -0.382 e. The molecule has 0 unspecified atom stereocenters. The average Bonchev–Trinajstić information content (AvgIpc) is 2.43. The van der Waals surface area contributed by atoms with Gasteiger partial charge in [-0.1, -0.05) is 20.8 Å². The maximum atomic E-state index is 11.6. The minimum atomic E-state index is 0.0111. The maximum absolute atomic E-state index is 11.6. The van der Waals surface area contributed by atoms with Gasteiger partial charge >= 0.3 is 0 Å². The van der Waals surface area contributed by atoms with Crippen LogP contribution in [0.25, 0.3) is 0 Å². The molecule has 0 spiro atoms. The molecule has 0 atom stereocenters. The van der Waals surface area contributed by atoms with Crippen LogP contribution in [-0.2, 0) is 4.79 Å². The van der Waals surface area contributed by atoms with Crippen molar-refractivity contribution in [2.75, 3.05) is 10.6 Å². The van der Waals surface area contributed by atoms with Crippen LogP contribution in [-0.4, -0.2) is 11.9 Å². The molecule has 110 valence electrons. The average molecular weight is 274 g/mol. The molecular weight excluding hydrogens is 248 g/mol. The van der Waals surface area contributed by atoms with E-state index in [-0.39, 0.29) is 11.8 Å². The van der Waals surface area contributed by atoms with Crippen LogP contribution < -0.4 is 10.6 Å². The van der Waals surface area contributed by atoms with Crippen molar-refractivity contribution in [3.05, 3.63) is 24.3 Å². The molecule has 1 aromatic carbocycles. The Morgan fingerprint density at radius 3 is 2.15 bits per heavy atom. The molecule has 0 aliphatic heterocycles. The van der Waals surface area contributed by atoms with Crippen molar-refractivity contribution in [1.82, 2.24) is 0 Å². The third-order valence-corrected chi connectivity index (χ3v) is 4.06. The van der Waals surface area contributed by atoms with E-state index in [1.807, 2.05) is 38.1 Å². The lowest BCUT2D eigenvalue weighted by molar-refractivity contribution is -0.118. The van der Waals surface area contributed by atoms with Crippen LogP contribution in [0.1, 0.15) is 46.5 Å². The van der Waals surface area contributed by atoms with Crippen LogP contribution in [0.15, 0.2) is 24.3 Å². The van der Waals surface area contributed by atoms with Gasteiger partial charge in [-0.3, -0.25) is 4.79 Å². The van der Waals surface area contributed by atoms with Gasteiger partial charge in [0.25, 0.3) is 0 Å². The monoisotopic (exact) mass is 274 g/mol. The Hall–Kier alpha value is -1.51. The van der Waals surface area contributed by atoms with Crippen LogP contribution in [0.3, 0.4) is 0 Å². The highest BCUT2D eigenvalue weighted by Crippen LogP contribution is 2.26. The Balaban J connectivity index is 1.87. The second kappa shape index (κ2) is 6.78. The highest BCUT2D eigenvalue weighted by molar-refractivity contribution is 5.92. The van der Waals surface area contributed by atoms with Crippen molar-refractivity contribution in [2.45, 2.75) is 52.5 Å². The summed E-state index contributed by atoms with van der Waals surface area (Å²) in [5.74, 6) is 0.950. The fourth-order valence-corrected chi connectivity index (χ4v) is 2.58. The Kier molecular flexibility index (Phi) is 5.05. The zero-order chi connectivity index (χ0) is 14.5. The lowest BCUT2D eigenvalue weighted by atomic mass is 9.87. The molecule has 3 nitrogen and oxygen atoms in total. The smallest absolute Gasteiger partial charge is 0.226 e. The Labute approximate surface area is 122 Å². The van der Waals surface area contributed by atoms with Gasteiger partial charge in [0.2, 0.25) is 5.91 Å². The van der Waals surface area contributed by atoms with Gasteiger partial charge in [0, 0.05) is 23.3 Å². The second-order valence-corrected chi connectivity index (χ2v) is 6.32. The van der Waals surface area contributed by atoms with Crippen LogP contribution in [0.5, 0.6) is 0 Å². The van der Waals surface area contributed by atoms with Crippen molar-refractivity contribution in [3.8, 4) is 0 Å². The molecule has 2 rings (SSSR count). The maximum Gasteiger partial charge on any atom is 0.226 e. The van der Waals surface area contributed by atoms with Gasteiger partial charge in [-0.2, -0.15) is 0 Å². The number of rotatable bonds is 4. The lowest BCUT2D eigenvalue weighted by Crippen LogP contribution is -2.25. The predicted octanol–water partition coefficient (Wildman–Crippen LogP) is 4.27. The summed E-state index contributed by atoms with van der Waals surface area (Å²) in [6.45, 7) is 6.13. The number of hydrogen-bond donors (Lipinski definition) is 2. The molecule has 1 aliphatic carbocycles. The first-order chi connectivity index (χ1) is 9.54. The number of carbonyl (C=O) groups excluding carboxylic acids is 1. The third-order valence-electron chi connectivity index (χ3n) is 4.06. The first-order valence-electron chi connectivity index (χ1n) is 7.72. The Morgan fingerprint density at radius 2 is 1.60 bits per heavy atom. The molecule has 1 saturated carbocycles. The van der Waals surface area contributed by atoms with Crippen molar-refractivity contribution >= 4 is 17.3 Å². The van der Waals surface area contributed by atoms with E-state index in [0.29, 0.717) is 6.04 Å². The molecule has 0 bridgehead atoms. The molecule has 0 aromatic heterocycles. The van der Waals surface area contributed by atoms with E-state index in [1.165, 1.54) is 25.7 Å². The van der Waals surface area contributed by atoms with Gasteiger partial charge in [-0.25, -0.2) is 0 Å². The van der Waals surface area contributed by atoms with E-state index < -0.39 is 0 Å². The van der Waals surface area contributed by atoms with Gasteiger partial charge in [-0.05, 0) is 55.9 Å². The van der Waals surface area contributed by atoms with Gasteiger partial charge in [0.1, 0.15) is 0 Å². The molecule has 2 N–H and O–H groups in total. The summed E-state index contributed by atoms with van der Waals surface area (Å²) in [6, 6.07) is 8.63. The minimum absolute atomic E-state index is 0.0111. The molecule has 0 radical (unpaired) electrons. The zero-order valence-corrected chi connectivity index (χ0v) is 12.8. The van der Waals surface area contributed by atoms with E-state index in [1.54, 1.807) is 0 Å². The van der Waals surface area contributed by atoms with Crippen molar-refractivity contribution in [3.63, 3.8) is 0 Å². The van der Waals surface area contributed by atoms with E-state index in [2.05, 4.69) is 17.6 Å².